The summed E-state index contributed by atoms with van der Waals surface area (Å²) in [5, 5.41) is 32.9. The Labute approximate surface area is 327 Å². The van der Waals surface area contributed by atoms with E-state index in [4.69, 9.17) is 22.3 Å². The molecule has 14 N–H and O–H groups in total. The smallest absolute Gasteiger partial charge is 0.326 e. The molecule has 24 heteroatoms. The fourth-order valence-corrected chi connectivity index (χ4v) is 6.10. The molecule has 0 aromatic heterocycles. The molecule has 6 atom stereocenters. The van der Waals surface area contributed by atoms with Crippen LogP contribution in [0.2, 0.25) is 0 Å². The molecule has 2 saturated heterocycles. The Morgan fingerprint density at radius 3 is 1.82 bits per heavy atom. The quantitative estimate of drug-likeness (QED) is 0.0276. The molecule has 2 aliphatic heterocycles. The number of carbonyl (C=O) groups is 10. The van der Waals surface area contributed by atoms with Crippen LogP contribution in [0, 0.1) is 0 Å². The Morgan fingerprint density at radius 1 is 0.702 bits per heavy atom. The summed E-state index contributed by atoms with van der Waals surface area (Å²) in [7, 11) is 0. The molecular weight excluding hydrogens is 756 g/mol. The molecule has 2 rings (SSSR count). The van der Waals surface area contributed by atoms with E-state index in [1.807, 2.05) is 0 Å². The van der Waals surface area contributed by atoms with Crippen molar-refractivity contribution in [2.24, 2.45) is 22.2 Å². The molecule has 0 aliphatic carbocycles. The number of carbonyl (C=O) groups excluding carboxylic acids is 8. The van der Waals surface area contributed by atoms with Gasteiger partial charge in [-0.25, -0.2) is 4.79 Å². The Morgan fingerprint density at radius 2 is 1.26 bits per heavy atom. The number of aliphatic carboxylic acids is 2. The van der Waals surface area contributed by atoms with Gasteiger partial charge in [0.15, 0.2) is 5.96 Å². The summed E-state index contributed by atoms with van der Waals surface area (Å²) >= 11 is 0. The van der Waals surface area contributed by atoms with E-state index < -0.39 is 115 Å². The third-order valence-corrected chi connectivity index (χ3v) is 9.13. The molecule has 0 saturated carbocycles. The van der Waals surface area contributed by atoms with Crippen molar-refractivity contribution in [3.63, 3.8) is 0 Å². The fourth-order valence-electron chi connectivity index (χ4n) is 6.10. The van der Waals surface area contributed by atoms with Gasteiger partial charge in [-0.3, -0.25) is 48.1 Å². The predicted octanol–water partition coefficient (Wildman–Crippen LogP) is -5.86. The van der Waals surface area contributed by atoms with E-state index in [0.717, 1.165) is 0 Å². The highest BCUT2D eigenvalue weighted by Gasteiger charge is 2.37. The summed E-state index contributed by atoms with van der Waals surface area (Å²) < 4.78 is 0. The van der Waals surface area contributed by atoms with Crippen LogP contribution in [0.4, 0.5) is 0 Å². The highest BCUT2D eigenvalue weighted by molar-refractivity contribution is 5.97. The second kappa shape index (κ2) is 23.1. The normalized spacial score (nSPS) is 18.2. The minimum absolute atomic E-state index is 0.0144. The van der Waals surface area contributed by atoms with E-state index in [2.05, 4.69) is 36.9 Å². The van der Waals surface area contributed by atoms with Crippen molar-refractivity contribution in [3.8, 4) is 0 Å². The third-order valence-electron chi connectivity index (χ3n) is 9.13. The van der Waals surface area contributed by atoms with Crippen LogP contribution < -0.4 is 49.1 Å². The van der Waals surface area contributed by atoms with Gasteiger partial charge in [0.1, 0.15) is 36.3 Å². The molecule has 0 radical (unpaired) electrons. The largest absolute Gasteiger partial charge is 0.481 e. The predicted molar refractivity (Wildman–Crippen MR) is 198 cm³/mol. The van der Waals surface area contributed by atoms with Gasteiger partial charge in [0.2, 0.25) is 47.3 Å². The van der Waals surface area contributed by atoms with E-state index in [0.29, 0.717) is 25.8 Å². The molecular formula is C33H54N12O12. The standard InChI is InChI=1S/C33H54N12O12/c1-17(27(51)38-15-23(46)40-18(2)28(52)43-20(32(56)57)6-3-11-37-33(35)36)41-30(54)21-7-5-13-45(21)25(48)16-39-29(53)19(9-10-26(49)50)42-31(55)22-8-4-12-44(22)24(47)14-34/h17-22H,3-16,34H2,1-2H3,(H,38,51)(H,39,53)(H,40,46)(H,41,54)(H,42,55)(H,43,52)(H,49,50)(H,56,57)(H4,35,36,37)/t17-,18-,19-,20-,21-,22-/m0/s1. The van der Waals surface area contributed by atoms with Gasteiger partial charge in [-0.15, -0.1) is 0 Å². The highest BCUT2D eigenvalue weighted by Crippen LogP contribution is 2.19. The highest BCUT2D eigenvalue weighted by atomic mass is 16.4. The lowest BCUT2D eigenvalue weighted by atomic mass is 10.1. The second-order valence-electron chi connectivity index (χ2n) is 13.5. The molecule has 0 spiro atoms. The Bertz CT molecular complexity index is 1550. The Balaban J connectivity index is 1.87. The van der Waals surface area contributed by atoms with Crippen LogP contribution in [-0.4, -0.2) is 161 Å². The summed E-state index contributed by atoms with van der Waals surface area (Å²) in [6.07, 6.45) is 0.988. The van der Waals surface area contributed by atoms with Gasteiger partial charge in [-0.2, -0.15) is 0 Å². The maximum Gasteiger partial charge on any atom is 0.326 e. The minimum Gasteiger partial charge on any atom is -0.481 e. The van der Waals surface area contributed by atoms with Crippen molar-refractivity contribution in [2.45, 2.75) is 101 Å². The number of likely N-dealkylation sites (tertiary alicyclic amines) is 2. The maximum atomic E-state index is 13.1. The molecule has 0 aromatic rings. The zero-order chi connectivity index (χ0) is 42.8. The van der Waals surface area contributed by atoms with Crippen molar-refractivity contribution in [2.75, 3.05) is 39.3 Å². The van der Waals surface area contributed by atoms with Crippen LogP contribution in [0.25, 0.3) is 0 Å². The fraction of sp³-hybridized carbons (Fsp3) is 0.667. The summed E-state index contributed by atoms with van der Waals surface area (Å²) in [6.45, 7) is 1.74. The Hall–Kier alpha value is -6.07. The average molecular weight is 811 g/mol. The van der Waals surface area contributed by atoms with Crippen LogP contribution in [0.5, 0.6) is 0 Å². The van der Waals surface area contributed by atoms with Crippen LogP contribution in [-0.2, 0) is 47.9 Å². The van der Waals surface area contributed by atoms with E-state index in [-0.39, 0.29) is 51.3 Å². The van der Waals surface area contributed by atoms with Crippen LogP contribution in [0.1, 0.15) is 65.2 Å². The number of guanidine groups is 1. The summed E-state index contributed by atoms with van der Waals surface area (Å²) in [4.78, 5) is 131. The first-order valence-corrected chi connectivity index (χ1v) is 18.4. The van der Waals surface area contributed by atoms with E-state index in [1.165, 1.54) is 23.6 Å². The van der Waals surface area contributed by atoms with Gasteiger partial charge in [0, 0.05) is 26.1 Å². The summed E-state index contributed by atoms with van der Waals surface area (Å²) in [6, 6.07) is -6.87. The molecule has 2 aliphatic rings. The van der Waals surface area contributed by atoms with Gasteiger partial charge in [-0.05, 0) is 58.8 Å². The number of hydrogen-bond donors (Lipinski definition) is 11. The van der Waals surface area contributed by atoms with Crippen molar-refractivity contribution in [1.29, 1.82) is 0 Å². The maximum absolute atomic E-state index is 13.1. The van der Waals surface area contributed by atoms with Gasteiger partial charge < -0.3 is 69.1 Å². The molecule has 2 heterocycles. The SMILES string of the molecule is C[C@H](NC(=O)CNC(=O)[C@H](C)NC(=O)[C@@H]1CCCN1C(=O)CNC(=O)[C@H](CCC(=O)O)NC(=O)[C@@H]1CCCN1C(=O)CN)C(=O)N[C@@H](CCCN=C(N)N)C(=O)O. The van der Waals surface area contributed by atoms with Crippen LogP contribution >= 0.6 is 0 Å². The molecule has 0 bridgehead atoms. The van der Waals surface area contributed by atoms with Crippen molar-refractivity contribution >= 4 is 65.2 Å². The lowest BCUT2D eigenvalue weighted by Crippen LogP contribution is -2.56. The van der Waals surface area contributed by atoms with Crippen LogP contribution in [0.15, 0.2) is 4.99 Å². The zero-order valence-electron chi connectivity index (χ0n) is 31.9. The van der Waals surface area contributed by atoms with E-state index in [9.17, 15) is 53.1 Å². The molecule has 24 nitrogen and oxygen atoms in total. The number of nitrogens with two attached hydrogens (primary N) is 3. The first-order valence-electron chi connectivity index (χ1n) is 18.4. The number of aliphatic imine (C=N–C) groups is 1. The second-order valence-corrected chi connectivity index (χ2v) is 13.5. The molecule has 8 amide bonds. The minimum atomic E-state index is -1.35. The van der Waals surface area contributed by atoms with E-state index >= 15 is 0 Å². The lowest BCUT2D eigenvalue weighted by Gasteiger charge is -2.27. The first kappa shape index (κ1) is 47.1. The summed E-state index contributed by atoms with van der Waals surface area (Å²) in [5.41, 5.74) is 15.9. The van der Waals surface area contributed by atoms with Gasteiger partial charge in [0.25, 0.3) is 0 Å². The number of carboxylic acid groups (broad SMARTS) is 2. The van der Waals surface area contributed by atoms with E-state index in [1.54, 1.807) is 0 Å². The molecule has 2 fully saturated rings. The number of nitrogens with zero attached hydrogens (tertiary/aromatic N) is 3. The molecule has 0 unspecified atom stereocenters. The number of nitrogens with one attached hydrogen (secondary N) is 6. The average Bonchev–Trinajstić information content (AvgIpc) is 3.86. The third kappa shape index (κ3) is 15.5. The van der Waals surface area contributed by atoms with Crippen LogP contribution in [0.3, 0.4) is 0 Å². The Kier molecular flexibility index (Phi) is 19.1. The number of hydrogen-bond acceptors (Lipinski definition) is 12. The topological polar surface area (TPSA) is 380 Å². The van der Waals surface area contributed by atoms with Crippen molar-refractivity contribution in [1.82, 2.24) is 41.7 Å². The number of amides is 8. The monoisotopic (exact) mass is 810 g/mol. The first-order chi connectivity index (χ1) is 26.9. The van der Waals surface area contributed by atoms with Gasteiger partial charge >= 0.3 is 11.9 Å². The zero-order valence-corrected chi connectivity index (χ0v) is 31.9. The summed E-state index contributed by atoms with van der Waals surface area (Å²) in [5.74, 6) is -8.36. The van der Waals surface area contributed by atoms with Gasteiger partial charge in [0.05, 0.1) is 19.6 Å². The van der Waals surface area contributed by atoms with Crippen molar-refractivity contribution in [3.05, 3.63) is 0 Å². The number of carboxylic acids is 2. The molecule has 57 heavy (non-hydrogen) atoms. The molecule has 0 aromatic carbocycles. The van der Waals surface area contributed by atoms with Crippen molar-refractivity contribution < 1.29 is 58.2 Å². The molecule has 318 valence electrons. The number of rotatable bonds is 22. The van der Waals surface area contributed by atoms with Gasteiger partial charge in [-0.1, -0.05) is 0 Å². The lowest BCUT2D eigenvalue weighted by molar-refractivity contribution is -0.142.